The summed E-state index contributed by atoms with van der Waals surface area (Å²) in [6.07, 6.45) is 5.79. The fourth-order valence-electron chi connectivity index (χ4n) is 2.77. The second kappa shape index (κ2) is 8.06. The first kappa shape index (κ1) is 16.7. The van der Waals surface area contributed by atoms with Gasteiger partial charge in [-0.05, 0) is 11.6 Å². The van der Waals surface area contributed by atoms with Gasteiger partial charge in [0.25, 0.3) is 0 Å². The van der Waals surface area contributed by atoms with Gasteiger partial charge >= 0.3 is 0 Å². The molecule has 0 aliphatic heterocycles. The van der Waals surface area contributed by atoms with Crippen molar-refractivity contribution in [2.24, 2.45) is 5.10 Å². The molecule has 0 amide bonds. The van der Waals surface area contributed by atoms with Crippen LogP contribution in [0.5, 0.6) is 0 Å². The summed E-state index contributed by atoms with van der Waals surface area (Å²) in [5.74, 6) is 0.634. The van der Waals surface area contributed by atoms with Gasteiger partial charge in [-0.3, -0.25) is 5.43 Å². The van der Waals surface area contributed by atoms with Crippen molar-refractivity contribution in [1.82, 2.24) is 10.2 Å². The summed E-state index contributed by atoms with van der Waals surface area (Å²) in [5, 5.41) is 14.9. The van der Waals surface area contributed by atoms with E-state index >= 15 is 0 Å². The van der Waals surface area contributed by atoms with Crippen LogP contribution in [0.4, 0.5) is 5.82 Å². The second-order valence-electron chi connectivity index (χ2n) is 6.00. The van der Waals surface area contributed by atoms with Gasteiger partial charge in [-0.2, -0.15) is 10.2 Å². The van der Waals surface area contributed by atoms with Gasteiger partial charge in [-0.25, -0.2) is 0 Å². The molecule has 27 heavy (non-hydrogen) atoms. The molecule has 0 spiro atoms. The minimum atomic E-state index is 0.634. The Morgan fingerprint density at radius 1 is 0.815 bits per heavy atom. The zero-order chi connectivity index (χ0) is 18.3. The van der Waals surface area contributed by atoms with E-state index in [0.717, 1.165) is 27.6 Å². The molecular weight excluding hydrogens is 332 g/mol. The smallest absolute Gasteiger partial charge is 0.176 e. The SMILES string of the molecule is C(=C\c1ccccc1)/C(=N/Nc1nncc2ccccc12)c1ccccc1. The van der Waals surface area contributed by atoms with Crippen LogP contribution in [-0.2, 0) is 0 Å². The number of allylic oxidation sites excluding steroid dienone is 1. The molecule has 0 saturated heterocycles. The molecule has 3 aromatic carbocycles. The first-order valence-electron chi connectivity index (χ1n) is 8.73. The quantitative estimate of drug-likeness (QED) is 0.399. The van der Waals surface area contributed by atoms with Crippen LogP contribution in [-0.4, -0.2) is 15.9 Å². The highest BCUT2D eigenvalue weighted by Crippen LogP contribution is 2.19. The Balaban J connectivity index is 1.69. The van der Waals surface area contributed by atoms with Crippen molar-refractivity contribution in [1.29, 1.82) is 0 Å². The first-order valence-corrected chi connectivity index (χ1v) is 8.73. The lowest BCUT2D eigenvalue weighted by Crippen LogP contribution is -2.03. The molecule has 1 aromatic heterocycles. The molecule has 0 fully saturated rings. The number of nitrogens with one attached hydrogen (secondary N) is 1. The number of hydrogen-bond acceptors (Lipinski definition) is 4. The third kappa shape index (κ3) is 4.07. The van der Waals surface area contributed by atoms with E-state index in [0.29, 0.717) is 5.82 Å². The van der Waals surface area contributed by atoms with Gasteiger partial charge in [0, 0.05) is 16.3 Å². The Morgan fingerprint density at radius 3 is 2.33 bits per heavy atom. The standard InChI is InChI=1S/C23H18N4/c1-3-9-18(10-4-1)15-16-22(19-11-5-2-6-12-19)25-27-23-21-14-8-7-13-20(21)17-24-26-23/h1-17H,(H,26,27)/b16-15+,25-22-. The minimum Gasteiger partial charge on any atom is -0.259 e. The lowest BCUT2D eigenvalue weighted by molar-refractivity contribution is 1.04. The highest BCUT2D eigenvalue weighted by Gasteiger charge is 2.04. The Morgan fingerprint density at radius 2 is 1.52 bits per heavy atom. The lowest BCUT2D eigenvalue weighted by Gasteiger charge is -2.06. The van der Waals surface area contributed by atoms with E-state index in [4.69, 9.17) is 0 Å². The van der Waals surface area contributed by atoms with E-state index in [1.807, 2.05) is 84.9 Å². The molecule has 130 valence electrons. The number of fused-ring (bicyclic) bond motifs is 1. The fraction of sp³-hybridized carbons (Fsp3) is 0. The van der Waals surface area contributed by atoms with Gasteiger partial charge in [0.05, 0.1) is 11.9 Å². The Labute approximate surface area is 157 Å². The van der Waals surface area contributed by atoms with E-state index in [9.17, 15) is 0 Å². The van der Waals surface area contributed by atoms with Crippen molar-refractivity contribution in [3.63, 3.8) is 0 Å². The van der Waals surface area contributed by atoms with Crippen LogP contribution < -0.4 is 5.43 Å². The molecule has 0 aliphatic carbocycles. The highest BCUT2D eigenvalue weighted by molar-refractivity contribution is 6.11. The van der Waals surface area contributed by atoms with Crippen LogP contribution in [0.25, 0.3) is 16.8 Å². The van der Waals surface area contributed by atoms with Crippen LogP contribution >= 0.6 is 0 Å². The minimum absolute atomic E-state index is 0.634. The number of nitrogens with zero attached hydrogens (tertiary/aromatic N) is 3. The predicted octanol–water partition coefficient (Wildman–Crippen LogP) is 5.16. The molecule has 0 bridgehead atoms. The van der Waals surface area contributed by atoms with Crippen molar-refractivity contribution in [3.8, 4) is 0 Å². The maximum atomic E-state index is 4.61. The van der Waals surface area contributed by atoms with Crippen molar-refractivity contribution in [2.45, 2.75) is 0 Å². The zero-order valence-electron chi connectivity index (χ0n) is 14.7. The van der Waals surface area contributed by atoms with Gasteiger partial charge in [0.2, 0.25) is 0 Å². The van der Waals surface area contributed by atoms with Gasteiger partial charge in [0.15, 0.2) is 5.82 Å². The molecule has 4 rings (SSSR count). The predicted molar refractivity (Wildman–Crippen MR) is 112 cm³/mol. The molecule has 4 nitrogen and oxygen atoms in total. The molecule has 4 aromatic rings. The first-order chi connectivity index (χ1) is 13.4. The number of hydrazone groups is 1. The van der Waals surface area contributed by atoms with E-state index in [-0.39, 0.29) is 0 Å². The average Bonchev–Trinajstić information content (AvgIpc) is 2.75. The van der Waals surface area contributed by atoms with Crippen LogP contribution in [0.2, 0.25) is 0 Å². The van der Waals surface area contributed by atoms with Crippen molar-refractivity contribution >= 4 is 28.4 Å². The molecule has 0 saturated carbocycles. The third-order valence-electron chi connectivity index (χ3n) is 4.16. The van der Waals surface area contributed by atoms with Crippen molar-refractivity contribution < 1.29 is 0 Å². The van der Waals surface area contributed by atoms with Gasteiger partial charge in [0.1, 0.15) is 0 Å². The van der Waals surface area contributed by atoms with Gasteiger partial charge in [-0.1, -0.05) is 91.0 Å². The number of benzene rings is 3. The van der Waals surface area contributed by atoms with Gasteiger partial charge < -0.3 is 0 Å². The Bertz CT molecular complexity index is 1080. The summed E-state index contributed by atoms with van der Waals surface area (Å²) in [5.41, 5.74) is 6.04. The summed E-state index contributed by atoms with van der Waals surface area (Å²) in [6, 6.07) is 28.2. The largest absolute Gasteiger partial charge is 0.259 e. The lowest BCUT2D eigenvalue weighted by atomic mass is 10.1. The van der Waals surface area contributed by atoms with E-state index in [1.165, 1.54) is 0 Å². The van der Waals surface area contributed by atoms with Crippen LogP contribution in [0, 0.1) is 0 Å². The summed E-state index contributed by atoms with van der Waals surface area (Å²) in [6.45, 7) is 0. The van der Waals surface area contributed by atoms with Crippen LogP contribution in [0.3, 0.4) is 0 Å². The van der Waals surface area contributed by atoms with Crippen LogP contribution in [0.1, 0.15) is 11.1 Å². The monoisotopic (exact) mass is 350 g/mol. The van der Waals surface area contributed by atoms with E-state index < -0.39 is 0 Å². The molecule has 0 atom stereocenters. The Kier molecular flexibility index (Phi) is 4.97. The maximum Gasteiger partial charge on any atom is 0.176 e. The second-order valence-corrected chi connectivity index (χ2v) is 6.00. The van der Waals surface area contributed by atoms with E-state index in [2.05, 4.69) is 32.9 Å². The number of hydrogen-bond donors (Lipinski definition) is 1. The molecular formula is C23H18N4. The van der Waals surface area contributed by atoms with Crippen LogP contribution in [0.15, 0.2) is 102 Å². The third-order valence-corrected chi connectivity index (χ3v) is 4.16. The molecule has 4 heteroatoms. The molecule has 1 heterocycles. The molecule has 1 N–H and O–H groups in total. The van der Waals surface area contributed by atoms with E-state index in [1.54, 1.807) is 6.20 Å². The number of aromatic nitrogens is 2. The summed E-state index contributed by atoms with van der Waals surface area (Å²) in [4.78, 5) is 0. The molecule has 0 radical (unpaired) electrons. The maximum absolute atomic E-state index is 4.61. The molecule has 0 aliphatic rings. The van der Waals surface area contributed by atoms with Crippen molar-refractivity contribution in [3.05, 3.63) is 108 Å². The van der Waals surface area contributed by atoms with Gasteiger partial charge in [-0.15, -0.1) is 5.10 Å². The summed E-state index contributed by atoms with van der Waals surface area (Å²) < 4.78 is 0. The highest BCUT2D eigenvalue weighted by atomic mass is 15.3. The Hall–Kier alpha value is -3.79. The summed E-state index contributed by atoms with van der Waals surface area (Å²) in [7, 11) is 0. The molecule has 0 unspecified atom stereocenters. The normalized spacial score (nSPS) is 11.8. The average molecular weight is 350 g/mol. The van der Waals surface area contributed by atoms with Crippen molar-refractivity contribution in [2.75, 3.05) is 5.43 Å². The summed E-state index contributed by atoms with van der Waals surface area (Å²) >= 11 is 0. The topological polar surface area (TPSA) is 50.2 Å². The zero-order valence-corrected chi connectivity index (χ0v) is 14.7. The number of rotatable bonds is 5. The number of anilines is 1. The fourth-order valence-corrected chi connectivity index (χ4v) is 2.77.